The summed E-state index contributed by atoms with van der Waals surface area (Å²) in [6, 6.07) is 15.3. The van der Waals surface area contributed by atoms with Gasteiger partial charge in [-0.2, -0.15) is 13.2 Å². The number of carbonyl (C=O) groups excluding carboxylic acids is 1. The maximum absolute atomic E-state index is 13.9. The van der Waals surface area contributed by atoms with E-state index in [0.717, 1.165) is 12.7 Å². The number of nitrogens with one attached hydrogen (secondary N) is 1. The second-order valence-electron chi connectivity index (χ2n) is 5.75. The topological polar surface area (TPSA) is 38.3 Å². The molecule has 0 radical (unpaired) electrons. The van der Waals surface area contributed by atoms with E-state index < -0.39 is 23.7 Å². The van der Waals surface area contributed by atoms with Crippen LogP contribution in [0.25, 0.3) is 0 Å². The molecule has 0 heterocycles. The summed E-state index contributed by atoms with van der Waals surface area (Å²) in [4.78, 5) is 12.7. The normalized spacial score (nSPS) is 14.9. The summed E-state index contributed by atoms with van der Waals surface area (Å²) in [6.45, 7) is 3.62. The van der Waals surface area contributed by atoms with Crippen LogP contribution in [0, 0.1) is 0 Å². The molecule has 3 nitrogen and oxygen atoms in total. The highest BCUT2D eigenvalue weighted by atomic mass is 19.4. The Labute approximate surface area is 150 Å². The van der Waals surface area contributed by atoms with Crippen LogP contribution in [0.1, 0.15) is 11.1 Å². The van der Waals surface area contributed by atoms with Gasteiger partial charge in [0.05, 0.1) is 6.04 Å². The Balaban J connectivity index is 2.33. The second kappa shape index (κ2) is 8.19. The molecule has 2 rings (SSSR count). The molecule has 2 aromatic carbocycles. The van der Waals surface area contributed by atoms with Crippen molar-refractivity contribution >= 4 is 5.91 Å². The van der Waals surface area contributed by atoms with Gasteiger partial charge in [0.2, 0.25) is 0 Å². The Bertz CT molecular complexity index is 732. The lowest BCUT2D eigenvalue weighted by molar-refractivity contribution is -0.266. The molecule has 0 fully saturated rings. The number of halogens is 3. The predicted molar refractivity (Wildman–Crippen MR) is 93.5 cm³/mol. The van der Waals surface area contributed by atoms with Gasteiger partial charge in [-0.3, -0.25) is 4.79 Å². The van der Waals surface area contributed by atoms with Gasteiger partial charge in [0.1, 0.15) is 0 Å². The highest BCUT2D eigenvalue weighted by Crippen LogP contribution is 2.42. The van der Waals surface area contributed by atoms with Crippen molar-refractivity contribution < 1.29 is 22.7 Å². The molecule has 0 spiro atoms. The van der Waals surface area contributed by atoms with Gasteiger partial charge < -0.3 is 10.1 Å². The van der Waals surface area contributed by atoms with E-state index in [1.54, 1.807) is 6.07 Å². The summed E-state index contributed by atoms with van der Waals surface area (Å²) in [5.41, 5.74) is -2.51. The van der Waals surface area contributed by atoms with Crippen LogP contribution in [0.5, 0.6) is 0 Å². The number of hydrogen-bond donors (Lipinski definition) is 1. The summed E-state index contributed by atoms with van der Waals surface area (Å²) in [6.07, 6.45) is -3.21. The molecule has 0 aromatic heterocycles. The van der Waals surface area contributed by atoms with Crippen LogP contribution < -0.4 is 5.32 Å². The Hall–Kier alpha value is -2.60. The largest absolute Gasteiger partial charge is 0.430 e. The number of hydrogen-bond acceptors (Lipinski definition) is 2. The van der Waals surface area contributed by atoms with Crippen molar-refractivity contribution in [3.63, 3.8) is 0 Å². The first-order valence-corrected chi connectivity index (χ1v) is 8.00. The third kappa shape index (κ3) is 3.96. The first kappa shape index (κ1) is 19.7. The van der Waals surface area contributed by atoms with Gasteiger partial charge in [0.25, 0.3) is 11.5 Å². The lowest BCUT2D eigenvalue weighted by Crippen LogP contribution is -2.57. The van der Waals surface area contributed by atoms with Crippen LogP contribution in [-0.4, -0.2) is 25.2 Å². The van der Waals surface area contributed by atoms with E-state index in [1.165, 1.54) is 30.3 Å². The van der Waals surface area contributed by atoms with Gasteiger partial charge in [-0.15, -0.1) is 6.58 Å². The molecule has 1 N–H and O–H groups in total. The van der Waals surface area contributed by atoms with Crippen molar-refractivity contribution in [2.75, 3.05) is 7.11 Å². The first-order chi connectivity index (χ1) is 12.3. The predicted octanol–water partition coefficient (Wildman–Crippen LogP) is 4.00. The van der Waals surface area contributed by atoms with Crippen LogP contribution >= 0.6 is 0 Å². The number of alkyl halides is 3. The van der Waals surface area contributed by atoms with E-state index in [4.69, 9.17) is 4.74 Å². The molecule has 0 aliphatic rings. The fraction of sp³-hybridized carbons (Fsp3) is 0.250. The Morgan fingerprint density at radius 1 is 1.12 bits per heavy atom. The molecule has 2 aromatic rings. The van der Waals surface area contributed by atoms with Crippen LogP contribution in [0.2, 0.25) is 0 Å². The van der Waals surface area contributed by atoms with Crippen molar-refractivity contribution in [1.29, 1.82) is 0 Å². The third-order valence-electron chi connectivity index (χ3n) is 4.10. The zero-order chi connectivity index (χ0) is 19.2. The van der Waals surface area contributed by atoms with Crippen molar-refractivity contribution in [3.05, 3.63) is 84.4 Å². The second-order valence-corrected chi connectivity index (χ2v) is 5.75. The molecule has 0 saturated heterocycles. The van der Waals surface area contributed by atoms with Crippen molar-refractivity contribution in [2.24, 2.45) is 0 Å². The van der Waals surface area contributed by atoms with Crippen molar-refractivity contribution in [3.8, 4) is 0 Å². The van der Waals surface area contributed by atoms with Crippen molar-refractivity contribution in [1.82, 2.24) is 5.32 Å². The molecular formula is C20H20F3NO2. The number of ether oxygens (including phenoxy) is 1. The molecule has 1 amide bonds. The van der Waals surface area contributed by atoms with Gasteiger partial charge in [-0.05, 0) is 12.0 Å². The number of benzene rings is 2. The summed E-state index contributed by atoms with van der Waals surface area (Å²) >= 11 is 0. The molecule has 2 atom stereocenters. The smallest absolute Gasteiger partial charge is 0.356 e. The quantitative estimate of drug-likeness (QED) is 0.755. The molecule has 0 aliphatic carbocycles. The fourth-order valence-corrected chi connectivity index (χ4v) is 2.75. The summed E-state index contributed by atoms with van der Waals surface area (Å²) in [5, 5.41) is 2.41. The molecule has 0 saturated carbocycles. The molecule has 26 heavy (non-hydrogen) atoms. The van der Waals surface area contributed by atoms with E-state index in [1.807, 2.05) is 30.3 Å². The highest BCUT2D eigenvalue weighted by Gasteiger charge is 2.62. The summed E-state index contributed by atoms with van der Waals surface area (Å²) in [5.74, 6) is -1.28. The minimum atomic E-state index is -4.94. The van der Waals surface area contributed by atoms with Crippen LogP contribution in [0.3, 0.4) is 0 Å². The molecule has 138 valence electrons. The minimum Gasteiger partial charge on any atom is -0.356 e. The molecular weight excluding hydrogens is 343 g/mol. The van der Waals surface area contributed by atoms with E-state index >= 15 is 0 Å². The van der Waals surface area contributed by atoms with E-state index in [2.05, 4.69) is 11.9 Å². The zero-order valence-electron chi connectivity index (χ0n) is 14.3. The summed E-state index contributed by atoms with van der Waals surface area (Å²) < 4.78 is 46.4. The number of rotatable bonds is 7. The highest BCUT2D eigenvalue weighted by molar-refractivity contribution is 5.88. The molecule has 0 unspecified atom stereocenters. The monoisotopic (exact) mass is 363 g/mol. The number of methoxy groups -OCH3 is 1. The lowest BCUT2D eigenvalue weighted by Gasteiger charge is -2.34. The number of carbonyl (C=O) groups is 1. The van der Waals surface area contributed by atoms with E-state index in [0.29, 0.717) is 6.42 Å². The maximum atomic E-state index is 13.9. The molecule has 0 aliphatic heterocycles. The number of amides is 1. The maximum Gasteiger partial charge on any atom is 0.430 e. The summed E-state index contributed by atoms with van der Waals surface area (Å²) in [7, 11) is 0.875. The van der Waals surface area contributed by atoms with Gasteiger partial charge in [0.15, 0.2) is 0 Å². The first-order valence-electron chi connectivity index (χ1n) is 8.00. The fourth-order valence-electron chi connectivity index (χ4n) is 2.75. The zero-order valence-corrected chi connectivity index (χ0v) is 14.3. The van der Waals surface area contributed by atoms with Crippen LogP contribution in [0.4, 0.5) is 13.2 Å². The van der Waals surface area contributed by atoms with Gasteiger partial charge in [-0.1, -0.05) is 66.7 Å². The van der Waals surface area contributed by atoms with Crippen LogP contribution in [-0.2, 0) is 21.6 Å². The Kier molecular flexibility index (Phi) is 6.21. The minimum absolute atomic E-state index is 0.282. The average molecular weight is 363 g/mol. The SMILES string of the molecule is C=C[C@H](Cc1ccccc1)NC(=O)[C@@](OC)(c1ccccc1)C(F)(F)F. The Morgan fingerprint density at radius 3 is 2.12 bits per heavy atom. The third-order valence-corrected chi connectivity index (χ3v) is 4.10. The van der Waals surface area contributed by atoms with Gasteiger partial charge >= 0.3 is 6.18 Å². The van der Waals surface area contributed by atoms with Crippen LogP contribution in [0.15, 0.2) is 73.3 Å². The average Bonchev–Trinajstić information content (AvgIpc) is 2.62. The van der Waals surface area contributed by atoms with Crippen molar-refractivity contribution in [2.45, 2.75) is 24.2 Å². The molecule has 6 heteroatoms. The standard InChI is InChI=1S/C20H20F3NO2/c1-3-17(14-15-10-6-4-7-11-15)24-18(25)19(26-2,20(21,22)23)16-12-8-5-9-13-16/h3-13,17H,1,14H2,2H3,(H,24,25)/t17-,19+/m1/s1. The lowest BCUT2D eigenvalue weighted by atomic mass is 9.91. The van der Waals surface area contributed by atoms with Gasteiger partial charge in [0, 0.05) is 12.7 Å². The van der Waals surface area contributed by atoms with E-state index in [-0.39, 0.29) is 5.56 Å². The molecule has 0 bridgehead atoms. The van der Waals surface area contributed by atoms with Gasteiger partial charge in [-0.25, -0.2) is 0 Å². The van der Waals surface area contributed by atoms with E-state index in [9.17, 15) is 18.0 Å². The Morgan fingerprint density at radius 2 is 1.65 bits per heavy atom.